The molecule has 0 radical (unpaired) electrons. The van der Waals surface area contributed by atoms with Crippen LogP contribution in [0.25, 0.3) is 11.0 Å². The number of carbonyl (C=O) groups is 1. The van der Waals surface area contributed by atoms with Gasteiger partial charge in [0.05, 0.1) is 36.4 Å². The largest absolute Gasteiger partial charge is 0.481 e. The summed E-state index contributed by atoms with van der Waals surface area (Å²) < 4.78 is 5.09. The van der Waals surface area contributed by atoms with Crippen molar-refractivity contribution >= 4 is 17.0 Å². The van der Waals surface area contributed by atoms with E-state index in [-0.39, 0.29) is 11.8 Å². The second-order valence-electron chi connectivity index (χ2n) is 6.51. The zero-order chi connectivity index (χ0) is 18.0. The van der Waals surface area contributed by atoms with Gasteiger partial charge in [-0.1, -0.05) is 12.1 Å². The van der Waals surface area contributed by atoms with Gasteiger partial charge < -0.3 is 20.1 Å². The van der Waals surface area contributed by atoms with E-state index < -0.39 is 18.2 Å². The molecule has 1 saturated carbocycles. The number of fused-ring (bicyclic) bond motifs is 1. The Bertz CT molecular complexity index is 758. The molecule has 7 nitrogen and oxygen atoms in total. The van der Waals surface area contributed by atoms with E-state index in [1.54, 1.807) is 18.2 Å². The SMILES string of the molecule is COc1cnc2cccc(C(O)C(O)[C@H]3CC[C@H](C(=O)O)CC3)c2n1. The zero-order valence-electron chi connectivity index (χ0n) is 14.0. The number of hydrogen-bond acceptors (Lipinski definition) is 6. The predicted molar refractivity (Wildman–Crippen MR) is 90.1 cm³/mol. The monoisotopic (exact) mass is 346 g/mol. The summed E-state index contributed by atoms with van der Waals surface area (Å²) in [5.41, 5.74) is 1.60. The van der Waals surface area contributed by atoms with E-state index in [1.165, 1.54) is 13.3 Å². The van der Waals surface area contributed by atoms with Gasteiger partial charge >= 0.3 is 5.97 Å². The van der Waals surface area contributed by atoms with Crippen LogP contribution >= 0.6 is 0 Å². The summed E-state index contributed by atoms with van der Waals surface area (Å²) >= 11 is 0. The average molecular weight is 346 g/mol. The van der Waals surface area contributed by atoms with Crippen molar-refractivity contribution in [2.75, 3.05) is 7.11 Å². The summed E-state index contributed by atoms with van der Waals surface area (Å²) in [7, 11) is 1.49. The van der Waals surface area contributed by atoms with Gasteiger partial charge in [-0.05, 0) is 37.7 Å². The summed E-state index contributed by atoms with van der Waals surface area (Å²) in [5.74, 6) is -0.943. The third-order valence-electron chi connectivity index (χ3n) is 5.04. The molecule has 3 N–H and O–H groups in total. The van der Waals surface area contributed by atoms with E-state index in [0.29, 0.717) is 48.2 Å². The number of carboxylic acids is 1. The lowest BCUT2D eigenvalue weighted by Gasteiger charge is -2.32. The van der Waals surface area contributed by atoms with E-state index in [4.69, 9.17) is 9.84 Å². The van der Waals surface area contributed by atoms with Gasteiger partial charge in [-0.3, -0.25) is 4.79 Å². The van der Waals surface area contributed by atoms with Gasteiger partial charge in [0.1, 0.15) is 6.10 Å². The number of ether oxygens (including phenoxy) is 1. The molecule has 0 aliphatic heterocycles. The topological polar surface area (TPSA) is 113 Å². The van der Waals surface area contributed by atoms with Crippen molar-refractivity contribution in [1.29, 1.82) is 0 Å². The first kappa shape index (κ1) is 17.6. The van der Waals surface area contributed by atoms with Crippen LogP contribution in [0.4, 0.5) is 0 Å². The number of para-hydroxylation sites is 1. The molecule has 1 aromatic carbocycles. The fraction of sp³-hybridized carbons (Fsp3) is 0.500. The maximum absolute atomic E-state index is 11.1. The number of nitrogens with zero attached hydrogens (tertiary/aromatic N) is 2. The minimum absolute atomic E-state index is 0.139. The first-order valence-corrected chi connectivity index (χ1v) is 8.40. The van der Waals surface area contributed by atoms with Gasteiger partial charge in [-0.25, -0.2) is 9.97 Å². The maximum atomic E-state index is 11.1. The summed E-state index contributed by atoms with van der Waals surface area (Å²) in [6.45, 7) is 0. The van der Waals surface area contributed by atoms with E-state index in [0.717, 1.165) is 0 Å². The number of rotatable bonds is 5. The molecule has 2 aromatic rings. The summed E-state index contributed by atoms with van der Waals surface area (Å²) in [4.78, 5) is 19.6. The molecule has 0 spiro atoms. The quantitative estimate of drug-likeness (QED) is 0.758. The van der Waals surface area contributed by atoms with Gasteiger partial charge in [-0.15, -0.1) is 0 Å². The third kappa shape index (κ3) is 3.57. The lowest BCUT2D eigenvalue weighted by molar-refractivity contribution is -0.143. The molecule has 1 aliphatic carbocycles. The summed E-state index contributed by atoms with van der Waals surface area (Å²) in [6.07, 6.45) is 1.61. The van der Waals surface area contributed by atoms with E-state index in [2.05, 4.69) is 9.97 Å². The third-order valence-corrected chi connectivity index (χ3v) is 5.04. The van der Waals surface area contributed by atoms with Crippen molar-refractivity contribution in [3.8, 4) is 5.88 Å². The molecule has 1 aromatic heterocycles. The van der Waals surface area contributed by atoms with Gasteiger partial charge in [0.2, 0.25) is 5.88 Å². The number of aliphatic carboxylic acids is 1. The Labute approximate surface area is 145 Å². The first-order chi connectivity index (χ1) is 12.0. The number of benzene rings is 1. The number of aliphatic hydroxyl groups excluding tert-OH is 2. The van der Waals surface area contributed by atoms with Crippen molar-refractivity contribution < 1.29 is 24.9 Å². The van der Waals surface area contributed by atoms with Gasteiger partial charge in [-0.2, -0.15) is 0 Å². The van der Waals surface area contributed by atoms with Crippen LogP contribution in [0, 0.1) is 11.8 Å². The number of aromatic nitrogens is 2. The molecule has 1 fully saturated rings. The molecule has 1 heterocycles. The minimum atomic E-state index is -1.11. The summed E-state index contributed by atoms with van der Waals surface area (Å²) in [6, 6.07) is 5.26. The van der Waals surface area contributed by atoms with Gasteiger partial charge in [0.15, 0.2) is 0 Å². The normalized spacial score (nSPS) is 23.2. The molecular weight excluding hydrogens is 324 g/mol. The van der Waals surface area contributed by atoms with Crippen molar-refractivity contribution in [2.24, 2.45) is 11.8 Å². The van der Waals surface area contributed by atoms with Crippen LogP contribution in [-0.4, -0.2) is 44.5 Å². The Kier molecular flexibility index (Phi) is 5.15. The minimum Gasteiger partial charge on any atom is -0.481 e. The van der Waals surface area contributed by atoms with Crippen LogP contribution in [0.3, 0.4) is 0 Å². The first-order valence-electron chi connectivity index (χ1n) is 8.40. The molecule has 0 saturated heterocycles. The smallest absolute Gasteiger partial charge is 0.306 e. The Hall–Kier alpha value is -2.25. The van der Waals surface area contributed by atoms with Gasteiger partial charge in [0, 0.05) is 5.56 Å². The number of aliphatic hydroxyl groups is 2. The van der Waals surface area contributed by atoms with Crippen molar-refractivity contribution in [2.45, 2.75) is 37.9 Å². The zero-order valence-corrected chi connectivity index (χ0v) is 14.0. The molecule has 2 atom stereocenters. The molecule has 0 amide bonds. The molecule has 134 valence electrons. The van der Waals surface area contributed by atoms with Crippen LogP contribution in [0.1, 0.15) is 37.4 Å². The summed E-state index contributed by atoms with van der Waals surface area (Å²) in [5, 5.41) is 30.4. The van der Waals surface area contributed by atoms with E-state index in [1.807, 2.05) is 0 Å². The fourth-order valence-electron chi connectivity index (χ4n) is 3.52. The molecule has 2 unspecified atom stereocenters. The standard InChI is InChI=1S/C18H22N2O5/c1-25-14-9-19-13-4-2-3-12(15(13)20-14)17(22)16(21)10-5-7-11(8-6-10)18(23)24/h2-4,9-11,16-17,21-22H,5-8H2,1H3,(H,23,24)/t10-,11-,16?,17?. The van der Waals surface area contributed by atoms with Crippen LogP contribution < -0.4 is 4.74 Å². The van der Waals surface area contributed by atoms with Crippen LogP contribution in [0.2, 0.25) is 0 Å². The molecule has 25 heavy (non-hydrogen) atoms. The van der Waals surface area contributed by atoms with Crippen LogP contribution in [0.5, 0.6) is 5.88 Å². The molecule has 1 aliphatic rings. The number of methoxy groups -OCH3 is 1. The molecule has 3 rings (SSSR count). The lowest BCUT2D eigenvalue weighted by Crippen LogP contribution is -2.32. The van der Waals surface area contributed by atoms with Gasteiger partial charge in [0.25, 0.3) is 0 Å². The predicted octanol–water partition coefficient (Wildman–Crippen LogP) is 1.92. The Morgan fingerprint density at radius 2 is 1.96 bits per heavy atom. The second kappa shape index (κ2) is 7.33. The number of carboxylic acid groups (broad SMARTS) is 1. The highest BCUT2D eigenvalue weighted by Gasteiger charge is 2.34. The Balaban J connectivity index is 1.82. The van der Waals surface area contributed by atoms with Crippen molar-refractivity contribution in [3.05, 3.63) is 30.0 Å². The second-order valence-corrected chi connectivity index (χ2v) is 6.51. The van der Waals surface area contributed by atoms with E-state index >= 15 is 0 Å². The van der Waals surface area contributed by atoms with Crippen LogP contribution in [0.15, 0.2) is 24.4 Å². The highest BCUT2D eigenvalue weighted by Crippen LogP contribution is 2.36. The highest BCUT2D eigenvalue weighted by molar-refractivity contribution is 5.78. The average Bonchev–Trinajstić information content (AvgIpc) is 2.66. The maximum Gasteiger partial charge on any atom is 0.306 e. The molecule has 0 bridgehead atoms. The molecular formula is C18H22N2O5. The molecule has 7 heteroatoms. The van der Waals surface area contributed by atoms with E-state index in [9.17, 15) is 15.0 Å². The van der Waals surface area contributed by atoms with Crippen LogP contribution in [-0.2, 0) is 4.79 Å². The lowest BCUT2D eigenvalue weighted by atomic mass is 9.77. The fourth-order valence-corrected chi connectivity index (χ4v) is 3.52. The Morgan fingerprint density at radius 1 is 1.24 bits per heavy atom. The van der Waals surface area contributed by atoms with Crippen molar-refractivity contribution in [1.82, 2.24) is 9.97 Å². The highest BCUT2D eigenvalue weighted by atomic mass is 16.5. The Morgan fingerprint density at radius 3 is 2.60 bits per heavy atom. The van der Waals surface area contributed by atoms with Crippen molar-refractivity contribution in [3.63, 3.8) is 0 Å². The number of hydrogen-bond donors (Lipinski definition) is 3.